The third-order valence-electron chi connectivity index (χ3n) is 3.03. The maximum Gasteiger partial charge on any atom is 0.251 e. The third-order valence-corrected chi connectivity index (χ3v) is 3.03. The van der Waals surface area contributed by atoms with Gasteiger partial charge in [-0.05, 0) is 38.1 Å². The summed E-state index contributed by atoms with van der Waals surface area (Å²) in [5.41, 5.74) is 0.941. The van der Waals surface area contributed by atoms with Gasteiger partial charge < -0.3 is 14.3 Å². The zero-order chi connectivity index (χ0) is 13.7. The molecule has 0 aromatic carbocycles. The molecule has 2 rings (SSSR count). The van der Waals surface area contributed by atoms with E-state index in [0.29, 0.717) is 6.54 Å². The summed E-state index contributed by atoms with van der Waals surface area (Å²) in [4.78, 5) is 11.8. The number of hydrogen-bond donors (Lipinski definition) is 1. The summed E-state index contributed by atoms with van der Waals surface area (Å²) < 4.78 is 7.43. The van der Waals surface area contributed by atoms with E-state index >= 15 is 0 Å². The smallest absolute Gasteiger partial charge is 0.251 e. The van der Waals surface area contributed by atoms with Crippen molar-refractivity contribution in [3.8, 4) is 0 Å². The Balaban J connectivity index is 2.05. The molecule has 0 spiro atoms. The van der Waals surface area contributed by atoms with Gasteiger partial charge in [0.25, 0.3) is 5.56 Å². The zero-order valence-electron chi connectivity index (χ0n) is 11.5. The van der Waals surface area contributed by atoms with Crippen LogP contribution in [0.3, 0.4) is 0 Å². The molecule has 0 aliphatic heterocycles. The molecule has 0 fully saturated rings. The van der Waals surface area contributed by atoms with E-state index in [9.17, 15) is 4.79 Å². The van der Waals surface area contributed by atoms with Crippen molar-refractivity contribution in [3.63, 3.8) is 0 Å². The van der Waals surface area contributed by atoms with Gasteiger partial charge in [0.2, 0.25) is 0 Å². The molecule has 0 aliphatic rings. The average Bonchev–Trinajstić information content (AvgIpc) is 2.82. The van der Waals surface area contributed by atoms with Crippen molar-refractivity contribution in [2.75, 3.05) is 6.54 Å². The first-order valence-corrected chi connectivity index (χ1v) is 6.65. The highest BCUT2D eigenvalue weighted by molar-refractivity contribution is 5.11. The van der Waals surface area contributed by atoms with E-state index in [-0.39, 0.29) is 5.56 Å². The molecule has 0 amide bonds. The fraction of sp³-hybridized carbons (Fsp3) is 0.400. The van der Waals surface area contributed by atoms with Gasteiger partial charge in [0.1, 0.15) is 11.5 Å². The number of furan rings is 1. The van der Waals surface area contributed by atoms with Crippen molar-refractivity contribution in [1.82, 2.24) is 9.88 Å². The minimum absolute atomic E-state index is 0.00191. The molecule has 0 radical (unpaired) electrons. The highest BCUT2D eigenvalue weighted by Crippen LogP contribution is 2.09. The van der Waals surface area contributed by atoms with Crippen LogP contribution in [0, 0.1) is 6.92 Å². The van der Waals surface area contributed by atoms with E-state index in [2.05, 4.69) is 12.2 Å². The standard InChI is InChI=1S/C15H20N2O2/c1-3-9-16-10-13-7-8-14(19-13)11-17-12(2)5-4-6-15(17)18/h4-8,16H,3,9-11H2,1-2H3. The first-order valence-electron chi connectivity index (χ1n) is 6.65. The van der Waals surface area contributed by atoms with E-state index < -0.39 is 0 Å². The van der Waals surface area contributed by atoms with Gasteiger partial charge in [-0.15, -0.1) is 0 Å². The zero-order valence-corrected chi connectivity index (χ0v) is 11.5. The molecule has 2 heterocycles. The quantitative estimate of drug-likeness (QED) is 0.811. The largest absolute Gasteiger partial charge is 0.463 e. The van der Waals surface area contributed by atoms with Crippen LogP contribution in [0.5, 0.6) is 0 Å². The molecule has 19 heavy (non-hydrogen) atoms. The van der Waals surface area contributed by atoms with E-state index in [1.807, 2.05) is 25.1 Å². The van der Waals surface area contributed by atoms with E-state index in [1.165, 1.54) is 0 Å². The Bertz CT molecular complexity index is 584. The Hall–Kier alpha value is -1.81. The van der Waals surface area contributed by atoms with Crippen molar-refractivity contribution in [2.24, 2.45) is 0 Å². The Morgan fingerprint density at radius 3 is 2.74 bits per heavy atom. The van der Waals surface area contributed by atoms with Crippen molar-refractivity contribution >= 4 is 0 Å². The van der Waals surface area contributed by atoms with Crippen LogP contribution in [0.25, 0.3) is 0 Å². The van der Waals surface area contributed by atoms with Crippen LogP contribution in [0.2, 0.25) is 0 Å². The van der Waals surface area contributed by atoms with Crippen LogP contribution in [-0.4, -0.2) is 11.1 Å². The SMILES string of the molecule is CCCNCc1ccc(Cn2c(C)cccc2=O)o1. The molecule has 0 saturated heterocycles. The second-order valence-corrected chi connectivity index (χ2v) is 4.64. The molecule has 102 valence electrons. The molecule has 4 nitrogen and oxygen atoms in total. The summed E-state index contributed by atoms with van der Waals surface area (Å²) in [5.74, 6) is 1.72. The fourth-order valence-corrected chi connectivity index (χ4v) is 1.97. The normalized spacial score (nSPS) is 10.8. The molecule has 1 N–H and O–H groups in total. The number of rotatable bonds is 6. The number of nitrogens with zero attached hydrogens (tertiary/aromatic N) is 1. The first kappa shape index (κ1) is 13.6. The van der Waals surface area contributed by atoms with Gasteiger partial charge in [-0.25, -0.2) is 0 Å². The first-order chi connectivity index (χ1) is 9.20. The molecule has 4 heteroatoms. The lowest BCUT2D eigenvalue weighted by atomic mass is 10.3. The Morgan fingerprint density at radius 1 is 1.21 bits per heavy atom. The van der Waals surface area contributed by atoms with Crippen molar-refractivity contribution < 1.29 is 4.42 Å². The molecule has 0 aliphatic carbocycles. The molecular weight excluding hydrogens is 240 g/mol. The van der Waals surface area contributed by atoms with Gasteiger partial charge >= 0.3 is 0 Å². The summed E-state index contributed by atoms with van der Waals surface area (Å²) >= 11 is 0. The van der Waals surface area contributed by atoms with Crippen LogP contribution >= 0.6 is 0 Å². The van der Waals surface area contributed by atoms with Gasteiger partial charge in [-0.1, -0.05) is 13.0 Å². The van der Waals surface area contributed by atoms with Crippen LogP contribution in [-0.2, 0) is 13.1 Å². The molecule has 2 aromatic heterocycles. The summed E-state index contributed by atoms with van der Waals surface area (Å²) in [6.07, 6.45) is 1.10. The van der Waals surface area contributed by atoms with E-state index in [4.69, 9.17) is 4.42 Å². The fourth-order valence-electron chi connectivity index (χ4n) is 1.97. The third kappa shape index (κ3) is 3.58. The Morgan fingerprint density at radius 2 is 2.00 bits per heavy atom. The van der Waals surface area contributed by atoms with Crippen molar-refractivity contribution in [2.45, 2.75) is 33.4 Å². The lowest BCUT2D eigenvalue weighted by Crippen LogP contribution is -2.21. The van der Waals surface area contributed by atoms with Crippen LogP contribution in [0.1, 0.15) is 30.6 Å². The number of aryl methyl sites for hydroxylation is 1. The lowest BCUT2D eigenvalue weighted by Gasteiger charge is -2.07. The molecule has 0 bridgehead atoms. The minimum Gasteiger partial charge on any atom is -0.463 e. The minimum atomic E-state index is 0.00191. The predicted octanol–water partition coefficient (Wildman–Crippen LogP) is 2.30. The van der Waals surface area contributed by atoms with Gasteiger partial charge in [0.15, 0.2) is 0 Å². The van der Waals surface area contributed by atoms with Gasteiger partial charge in [0, 0.05) is 11.8 Å². The summed E-state index contributed by atoms with van der Waals surface area (Å²) in [7, 11) is 0. The molecule has 0 saturated carbocycles. The van der Waals surface area contributed by atoms with Crippen molar-refractivity contribution in [3.05, 3.63) is 57.9 Å². The van der Waals surface area contributed by atoms with Gasteiger partial charge in [-0.2, -0.15) is 0 Å². The Labute approximate surface area is 113 Å². The van der Waals surface area contributed by atoms with E-state index in [0.717, 1.165) is 36.7 Å². The second kappa shape index (κ2) is 6.38. The molecule has 2 aromatic rings. The summed E-state index contributed by atoms with van der Waals surface area (Å²) in [6.45, 7) is 6.25. The number of nitrogens with one attached hydrogen (secondary N) is 1. The van der Waals surface area contributed by atoms with Gasteiger partial charge in [0.05, 0.1) is 13.1 Å². The summed E-state index contributed by atoms with van der Waals surface area (Å²) in [5, 5.41) is 3.29. The highest BCUT2D eigenvalue weighted by Gasteiger charge is 2.05. The monoisotopic (exact) mass is 260 g/mol. The van der Waals surface area contributed by atoms with Crippen LogP contribution < -0.4 is 10.9 Å². The maximum atomic E-state index is 11.8. The van der Waals surface area contributed by atoms with Crippen LogP contribution in [0.4, 0.5) is 0 Å². The topological polar surface area (TPSA) is 47.2 Å². The second-order valence-electron chi connectivity index (χ2n) is 4.64. The molecular formula is C15H20N2O2. The number of pyridine rings is 1. The molecule has 0 unspecified atom stereocenters. The predicted molar refractivity (Wildman–Crippen MR) is 75.2 cm³/mol. The number of hydrogen-bond acceptors (Lipinski definition) is 3. The van der Waals surface area contributed by atoms with Crippen LogP contribution in [0.15, 0.2) is 39.5 Å². The Kier molecular flexibility index (Phi) is 4.58. The molecule has 0 atom stereocenters. The lowest BCUT2D eigenvalue weighted by molar-refractivity contribution is 0.434. The van der Waals surface area contributed by atoms with Gasteiger partial charge in [-0.3, -0.25) is 4.79 Å². The average molecular weight is 260 g/mol. The number of aromatic nitrogens is 1. The van der Waals surface area contributed by atoms with E-state index in [1.54, 1.807) is 16.7 Å². The van der Waals surface area contributed by atoms with Crippen molar-refractivity contribution in [1.29, 1.82) is 0 Å². The highest BCUT2D eigenvalue weighted by atomic mass is 16.3. The maximum absolute atomic E-state index is 11.8. The summed E-state index contributed by atoms with van der Waals surface area (Å²) in [6, 6.07) is 9.16.